The van der Waals surface area contributed by atoms with Crippen LogP contribution in [0.25, 0.3) is 0 Å². The van der Waals surface area contributed by atoms with Crippen LogP contribution in [0.5, 0.6) is 0 Å². The zero-order valence-corrected chi connectivity index (χ0v) is 29.9. The summed E-state index contributed by atoms with van der Waals surface area (Å²) in [6.07, 6.45) is 0.737. The van der Waals surface area contributed by atoms with Gasteiger partial charge in [-0.1, -0.05) is 121 Å². The highest BCUT2D eigenvalue weighted by atomic mass is 16.6. The van der Waals surface area contributed by atoms with E-state index in [1.807, 2.05) is 163 Å². The summed E-state index contributed by atoms with van der Waals surface area (Å²) >= 11 is 0. The third kappa shape index (κ3) is 9.65. The zero-order chi connectivity index (χ0) is 36.1. The van der Waals surface area contributed by atoms with Gasteiger partial charge < -0.3 is 9.47 Å². The highest BCUT2D eigenvalue weighted by molar-refractivity contribution is 5.98. The molecule has 6 nitrogen and oxygen atoms in total. The standard InChI is InChI=1S/2C22H24O3/c2*1-22(2,3)25-21(24)20-17(19(20)16-12-8-5-9-13-16)14-18(23)15-10-6-4-7-11-15/h2*4-13,17,19-20H,14H2,1-3H3/t2*17-,19-,20-/m00/s1. The van der Waals surface area contributed by atoms with Gasteiger partial charge in [0, 0.05) is 35.8 Å². The van der Waals surface area contributed by atoms with Gasteiger partial charge in [0.25, 0.3) is 0 Å². The summed E-state index contributed by atoms with van der Waals surface area (Å²) in [7, 11) is 0. The van der Waals surface area contributed by atoms with Crippen molar-refractivity contribution in [2.75, 3.05) is 0 Å². The topological polar surface area (TPSA) is 86.7 Å². The highest BCUT2D eigenvalue weighted by Crippen LogP contribution is 2.58. The Kier molecular flexibility index (Phi) is 11.2. The van der Waals surface area contributed by atoms with E-state index in [2.05, 4.69) is 0 Å². The van der Waals surface area contributed by atoms with Crippen LogP contribution in [0, 0.1) is 23.7 Å². The Balaban J connectivity index is 0.000000194. The van der Waals surface area contributed by atoms with E-state index >= 15 is 0 Å². The number of ether oxygens (including phenoxy) is 2. The second-order valence-electron chi connectivity index (χ2n) is 15.3. The molecule has 0 amide bonds. The van der Waals surface area contributed by atoms with E-state index in [-0.39, 0.29) is 59.0 Å². The summed E-state index contributed by atoms with van der Waals surface area (Å²) in [6, 6.07) is 38.4. The van der Waals surface area contributed by atoms with E-state index in [1.165, 1.54) is 0 Å². The van der Waals surface area contributed by atoms with Crippen LogP contribution in [0.1, 0.15) is 98.1 Å². The first kappa shape index (κ1) is 36.4. The Bertz CT molecular complexity index is 1620. The number of Topliss-reactive ketones (excluding diaryl/α,β-unsaturated/α-hetero) is 2. The Hall–Kier alpha value is -4.84. The van der Waals surface area contributed by atoms with Crippen LogP contribution in [0.15, 0.2) is 121 Å². The molecule has 2 aliphatic rings. The summed E-state index contributed by atoms with van der Waals surface area (Å²) in [4.78, 5) is 50.3. The van der Waals surface area contributed by atoms with Gasteiger partial charge >= 0.3 is 11.9 Å². The monoisotopic (exact) mass is 672 g/mol. The Labute approximate surface area is 296 Å². The minimum Gasteiger partial charge on any atom is -0.460 e. The van der Waals surface area contributed by atoms with E-state index in [0.29, 0.717) is 24.0 Å². The maximum Gasteiger partial charge on any atom is 0.310 e. The zero-order valence-electron chi connectivity index (χ0n) is 29.9. The van der Waals surface area contributed by atoms with Gasteiger partial charge in [0.1, 0.15) is 11.2 Å². The molecule has 0 aromatic heterocycles. The average molecular weight is 673 g/mol. The number of carbonyl (C=O) groups excluding carboxylic acids is 4. The van der Waals surface area contributed by atoms with Crippen molar-refractivity contribution >= 4 is 23.5 Å². The molecule has 0 spiro atoms. The minimum atomic E-state index is -0.519. The molecule has 260 valence electrons. The van der Waals surface area contributed by atoms with Crippen molar-refractivity contribution in [3.8, 4) is 0 Å². The molecule has 4 aromatic rings. The summed E-state index contributed by atoms with van der Waals surface area (Å²) in [5.74, 6) is -0.597. The van der Waals surface area contributed by atoms with Crippen molar-refractivity contribution in [1.82, 2.24) is 0 Å². The van der Waals surface area contributed by atoms with Crippen LogP contribution in [-0.2, 0) is 19.1 Å². The van der Waals surface area contributed by atoms with Gasteiger partial charge in [0.2, 0.25) is 0 Å². The van der Waals surface area contributed by atoms with Crippen LogP contribution < -0.4 is 0 Å². The van der Waals surface area contributed by atoms with Gasteiger partial charge in [-0.2, -0.15) is 0 Å². The number of hydrogen-bond acceptors (Lipinski definition) is 6. The van der Waals surface area contributed by atoms with Crippen molar-refractivity contribution < 1.29 is 28.7 Å². The van der Waals surface area contributed by atoms with E-state index in [9.17, 15) is 19.2 Å². The van der Waals surface area contributed by atoms with E-state index in [4.69, 9.17) is 9.47 Å². The van der Waals surface area contributed by atoms with Crippen LogP contribution in [0.3, 0.4) is 0 Å². The van der Waals surface area contributed by atoms with Crippen LogP contribution in [-0.4, -0.2) is 34.7 Å². The number of esters is 2. The van der Waals surface area contributed by atoms with Crippen LogP contribution in [0.4, 0.5) is 0 Å². The average Bonchev–Trinajstić information content (AvgIpc) is 3.99. The molecular weight excluding hydrogens is 624 g/mol. The smallest absolute Gasteiger partial charge is 0.310 e. The molecule has 50 heavy (non-hydrogen) atoms. The van der Waals surface area contributed by atoms with Crippen molar-refractivity contribution in [1.29, 1.82) is 0 Å². The van der Waals surface area contributed by atoms with Gasteiger partial charge in [-0.05, 0) is 64.5 Å². The number of carbonyl (C=O) groups is 4. The molecule has 2 fully saturated rings. The fourth-order valence-corrected chi connectivity index (χ4v) is 6.81. The van der Waals surface area contributed by atoms with Gasteiger partial charge in [-0.3, -0.25) is 19.2 Å². The molecule has 0 N–H and O–H groups in total. The van der Waals surface area contributed by atoms with Gasteiger partial charge in [-0.25, -0.2) is 0 Å². The molecule has 2 saturated carbocycles. The molecule has 4 aromatic carbocycles. The first-order chi connectivity index (χ1) is 23.7. The first-order valence-corrected chi connectivity index (χ1v) is 17.5. The molecule has 6 atom stereocenters. The van der Waals surface area contributed by atoms with E-state index < -0.39 is 11.2 Å². The molecule has 2 aliphatic carbocycles. The molecule has 0 saturated heterocycles. The Morgan fingerprint density at radius 3 is 1.02 bits per heavy atom. The molecule has 0 radical (unpaired) electrons. The summed E-state index contributed by atoms with van der Waals surface area (Å²) in [6.45, 7) is 11.2. The fourth-order valence-electron chi connectivity index (χ4n) is 6.81. The number of rotatable bonds is 10. The van der Waals surface area contributed by atoms with Crippen LogP contribution >= 0.6 is 0 Å². The molecule has 0 unspecified atom stereocenters. The SMILES string of the molecule is CC(C)(C)OC(=O)[C@H]1[C@@H](CC(=O)c2ccccc2)[C@@H]1c1ccccc1.CC(C)(C)OC(=O)[C@H]1[C@@H](CC(=O)c2ccccc2)[C@@H]1c1ccccc1. The van der Waals surface area contributed by atoms with E-state index in [0.717, 1.165) is 11.1 Å². The number of ketones is 2. The highest BCUT2D eigenvalue weighted by Gasteiger charge is 2.58. The van der Waals surface area contributed by atoms with Crippen molar-refractivity contribution in [2.24, 2.45) is 23.7 Å². The Morgan fingerprint density at radius 2 is 0.740 bits per heavy atom. The largest absolute Gasteiger partial charge is 0.460 e. The first-order valence-electron chi connectivity index (χ1n) is 17.5. The molecule has 0 aliphatic heterocycles. The maximum atomic E-state index is 12.6. The second-order valence-corrected chi connectivity index (χ2v) is 15.3. The number of benzene rings is 4. The fraction of sp³-hybridized carbons (Fsp3) is 0.364. The molecule has 0 bridgehead atoms. The van der Waals surface area contributed by atoms with E-state index in [1.54, 1.807) is 0 Å². The third-order valence-electron chi connectivity index (χ3n) is 9.10. The lowest BCUT2D eigenvalue weighted by Crippen LogP contribution is -2.25. The minimum absolute atomic E-state index is 0.00459. The predicted octanol–water partition coefficient (Wildman–Crippen LogP) is 9.26. The lowest BCUT2D eigenvalue weighted by molar-refractivity contribution is -0.158. The van der Waals surface area contributed by atoms with Crippen molar-refractivity contribution in [2.45, 2.75) is 77.4 Å². The summed E-state index contributed by atoms with van der Waals surface area (Å²) in [5, 5.41) is 0. The molecule has 6 rings (SSSR count). The quantitative estimate of drug-likeness (QED) is 0.123. The van der Waals surface area contributed by atoms with Crippen molar-refractivity contribution in [3.05, 3.63) is 144 Å². The number of hydrogen-bond donors (Lipinski definition) is 0. The lowest BCUT2D eigenvalue weighted by atomic mass is 10.0. The predicted molar refractivity (Wildman–Crippen MR) is 195 cm³/mol. The van der Waals surface area contributed by atoms with Crippen LogP contribution in [0.2, 0.25) is 0 Å². The Morgan fingerprint density at radius 1 is 0.460 bits per heavy atom. The van der Waals surface area contributed by atoms with Gasteiger partial charge in [0.15, 0.2) is 11.6 Å². The maximum absolute atomic E-state index is 12.6. The molecular formula is C44H48O6. The molecule has 0 heterocycles. The normalized spacial score (nSPS) is 22.3. The third-order valence-corrected chi connectivity index (χ3v) is 9.10. The van der Waals surface area contributed by atoms with Gasteiger partial charge in [-0.15, -0.1) is 0 Å². The molecule has 6 heteroatoms. The van der Waals surface area contributed by atoms with Crippen molar-refractivity contribution in [3.63, 3.8) is 0 Å². The van der Waals surface area contributed by atoms with Gasteiger partial charge in [0.05, 0.1) is 11.8 Å². The summed E-state index contributed by atoms with van der Waals surface area (Å²) in [5.41, 5.74) is 2.56. The summed E-state index contributed by atoms with van der Waals surface area (Å²) < 4.78 is 11.2. The second kappa shape index (κ2) is 15.4. The lowest BCUT2D eigenvalue weighted by Gasteiger charge is -2.19.